The van der Waals surface area contributed by atoms with Gasteiger partial charge in [0.2, 0.25) is 0 Å². The Kier molecular flexibility index (Phi) is 9.61. The summed E-state index contributed by atoms with van der Waals surface area (Å²) in [7, 11) is 4.05. The summed E-state index contributed by atoms with van der Waals surface area (Å²) in [6.45, 7) is 8.55. The van der Waals surface area contributed by atoms with Crippen LogP contribution in [0.15, 0.2) is 29.3 Å². The Bertz CT molecular complexity index is 710. The number of unbranched alkanes of at least 4 members (excludes halogenated alkanes) is 1. The molecule has 1 N–H and O–H groups in total. The summed E-state index contributed by atoms with van der Waals surface area (Å²) >= 11 is 0. The van der Waals surface area contributed by atoms with Gasteiger partial charge in [0.15, 0.2) is 11.8 Å². The number of aryl methyl sites for hydroxylation is 2. The number of benzene rings is 1. The minimum Gasteiger partial charge on any atom is -0.356 e. The van der Waals surface area contributed by atoms with E-state index < -0.39 is 0 Å². The number of hydrogen-bond donors (Lipinski definition) is 1. The number of nitrogens with zero attached hydrogens (tertiary/aromatic N) is 5. The van der Waals surface area contributed by atoms with E-state index in [0.717, 1.165) is 43.5 Å². The van der Waals surface area contributed by atoms with E-state index in [-0.39, 0.29) is 24.0 Å². The zero-order chi connectivity index (χ0) is 18.2. The molecule has 0 aliphatic heterocycles. The predicted molar refractivity (Wildman–Crippen MR) is 118 cm³/mol. The van der Waals surface area contributed by atoms with Gasteiger partial charge in [0.25, 0.3) is 0 Å². The molecular weight excluding hydrogens is 439 g/mol. The van der Waals surface area contributed by atoms with Gasteiger partial charge in [0, 0.05) is 27.2 Å². The van der Waals surface area contributed by atoms with Gasteiger partial charge in [0.1, 0.15) is 12.4 Å². The van der Waals surface area contributed by atoms with Gasteiger partial charge in [0.05, 0.1) is 0 Å². The van der Waals surface area contributed by atoms with E-state index in [9.17, 15) is 0 Å². The molecule has 0 atom stereocenters. The SMILES string of the molecule is CCCCNC(=NCc1nnc(C)n1C)N(C)Cc1ccccc1C.I. The topological polar surface area (TPSA) is 58.3 Å². The lowest BCUT2D eigenvalue weighted by Gasteiger charge is -2.23. The van der Waals surface area contributed by atoms with Crippen molar-refractivity contribution in [2.75, 3.05) is 13.6 Å². The smallest absolute Gasteiger partial charge is 0.194 e. The van der Waals surface area contributed by atoms with Gasteiger partial charge < -0.3 is 14.8 Å². The number of halogens is 1. The van der Waals surface area contributed by atoms with Gasteiger partial charge in [-0.25, -0.2) is 4.99 Å². The van der Waals surface area contributed by atoms with Crippen LogP contribution in [-0.4, -0.2) is 39.2 Å². The summed E-state index contributed by atoms with van der Waals surface area (Å²) in [5.41, 5.74) is 2.61. The van der Waals surface area contributed by atoms with Gasteiger partial charge in [-0.1, -0.05) is 37.6 Å². The highest BCUT2D eigenvalue weighted by Gasteiger charge is 2.10. The molecule has 1 aromatic heterocycles. The normalized spacial score (nSPS) is 11.2. The van der Waals surface area contributed by atoms with Crippen LogP contribution in [0.3, 0.4) is 0 Å². The Hall–Kier alpha value is -1.64. The van der Waals surface area contributed by atoms with Crippen molar-refractivity contribution in [2.45, 2.75) is 46.7 Å². The maximum absolute atomic E-state index is 4.77. The maximum Gasteiger partial charge on any atom is 0.194 e. The number of guanidine groups is 1. The van der Waals surface area contributed by atoms with Gasteiger partial charge in [-0.2, -0.15) is 0 Å². The van der Waals surface area contributed by atoms with Crippen molar-refractivity contribution in [1.82, 2.24) is 25.0 Å². The lowest BCUT2D eigenvalue weighted by Crippen LogP contribution is -2.39. The van der Waals surface area contributed by atoms with E-state index in [1.54, 1.807) is 0 Å². The van der Waals surface area contributed by atoms with Crippen molar-refractivity contribution < 1.29 is 0 Å². The molecule has 0 aliphatic rings. The summed E-state index contributed by atoms with van der Waals surface area (Å²) in [6.07, 6.45) is 2.28. The molecule has 0 saturated heterocycles. The molecule has 144 valence electrons. The molecule has 0 radical (unpaired) electrons. The quantitative estimate of drug-likeness (QED) is 0.292. The predicted octanol–water partition coefficient (Wildman–Crippen LogP) is 3.43. The standard InChI is InChI=1S/C19H30N6.HI/c1-6-7-12-20-19(21-13-18-23-22-16(3)25(18)5)24(4)14-17-11-9-8-10-15(17)2;/h8-11H,6-7,12-14H2,1-5H3,(H,20,21);1H. The van der Waals surface area contributed by atoms with Crippen molar-refractivity contribution in [2.24, 2.45) is 12.0 Å². The fraction of sp³-hybridized carbons (Fsp3) is 0.526. The van der Waals surface area contributed by atoms with E-state index >= 15 is 0 Å². The van der Waals surface area contributed by atoms with Crippen molar-refractivity contribution in [3.05, 3.63) is 47.0 Å². The van der Waals surface area contributed by atoms with E-state index in [1.807, 2.05) is 18.5 Å². The Morgan fingerprint density at radius 1 is 1.23 bits per heavy atom. The van der Waals surface area contributed by atoms with Crippen LogP contribution >= 0.6 is 24.0 Å². The Morgan fingerprint density at radius 3 is 2.58 bits per heavy atom. The third-order valence-corrected chi connectivity index (χ3v) is 4.40. The number of aromatic nitrogens is 3. The van der Waals surface area contributed by atoms with Crippen LogP contribution in [0.5, 0.6) is 0 Å². The minimum atomic E-state index is 0. The van der Waals surface area contributed by atoms with Crippen LogP contribution in [0.2, 0.25) is 0 Å². The molecule has 1 heterocycles. The molecule has 0 spiro atoms. The summed E-state index contributed by atoms with van der Waals surface area (Å²) in [4.78, 5) is 6.94. The molecular formula is C19H31IN6. The molecule has 0 aliphatic carbocycles. The highest BCUT2D eigenvalue weighted by molar-refractivity contribution is 14.0. The highest BCUT2D eigenvalue weighted by atomic mass is 127. The molecule has 2 aromatic rings. The second kappa shape index (κ2) is 11.2. The van der Waals surface area contributed by atoms with Crippen LogP contribution in [0.25, 0.3) is 0 Å². The zero-order valence-corrected chi connectivity index (χ0v) is 18.8. The fourth-order valence-corrected chi connectivity index (χ4v) is 2.54. The third kappa shape index (κ3) is 6.26. The second-order valence-corrected chi connectivity index (χ2v) is 6.43. The highest BCUT2D eigenvalue weighted by Crippen LogP contribution is 2.10. The van der Waals surface area contributed by atoms with E-state index in [0.29, 0.717) is 6.54 Å². The average molecular weight is 470 g/mol. The lowest BCUT2D eigenvalue weighted by molar-refractivity contribution is 0.471. The summed E-state index contributed by atoms with van der Waals surface area (Å²) in [5.74, 6) is 2.67. The minimum absolute atomic E-state index is 0. The Morgan fingerprint density at radius 2 is 1.96 bits per heavy atom. The molecule has 0 saturated carbocycles. The first-order valence-corrected chi connectivity index (χ1v) is 8.91. The monoisotopic (exact) mass is 470 g/mol. The van der Waals surface area contributed by atoms with Crippen molar-refractivity contribution >= 4 is 29.9 Å². The second-order valence-electron chi connectivity index (χ2n) is 6.43. The van der Waals surface area contributed by atoms with E-state index in [1.165, 1.54) is 11.1 Å². The molecule has 0 amide bonds. The van der Waals surface area contributed by atoms with E-state index in [2.05, 4.69) is 65.6 Å². The van der Waals surface area contributed by atoms with Gasteiger partial charge >= 0.3 is 0 Å². The van der Waals surface area contributed by atoms with Crippen molar-refractivity contribution in [3.8, 4) is 0 Å². The van der Waals surface area contributed by atoms with Crippen LogP contribution in [0, 0.1) is 13.8 Å². The molecule has 7 heteroatoms. The first kappa shape index (κ1) is 22.4. The summed E-state index contributed by atoms with van der Waals surface area (Å²) in [5, 5.41) is 11.8. The molecule has 26 heavy (non-hydrogen) atoms. The Labute approximate surface area is 174 Å². The largest absolute Gasteiger partial charge is 0.356 e. The first-order chi connectivity index (χ1) is 12.0. The Balaban J connectivity index is 0.00000338. The number of hydrogen-bond acceptors (Lipinski definition) is 3. The molecule has 0 bridgehead atoms. The van der Waals surface area contributed by atoms with Crippen molar-refractivity contribution in [1.29, 1.82) is 0 Å². The maximum atomic E-state index is 4.77. The number of rotatable bonds is 7. The van der Waals surface area contributed by atoms with Crippen LogP contribution in [0.1, 0.15) is 42.5 Å². The van der Waals surface area contributed by atoms with Crippen LogP contribution in [0.4, 0.5) is 0 Å². The lowest BCUT2D eigenvalue weighted by atomic mass is 10.1. The zero-order valence-electron chi connectivity index (χ0n) is 16.5. The fourth-order valence-electron chi connectivity index (χ4n) is 2.54. The van der Waals surface area contributed by atoms with Gasteiger partial charge in [-0.15, -0.1) is 34.2 Å². The number of aliphatic imine (C=N–C) groups is 1. The first-order valence-electron chi connectivity index (χ1n) is 8.91. The molecule has 0 unspecified atom stereocenters. The molecule has 0 fully saturated rings. The third-order valence-electron chi connectivity index (χ3n) is 4.40. The molecule has 2 rings (SSSR count). The summed E-state index contributed by atoms with van der Waals surface area (Å²) in [6, 6.07) is 8.47. The van der Waals surface area contributed by atoms with Crippen molar-refractivity contribution in [3.63, 3.8) is 0 Å². The van der Waals surface area contributed by atoms with Crippen LogP contribution in [-0.2, 0) is 20.1 Å². The summed E-state index contributed by atoms with van der Waals surface area (Å²) < 4.78 is 1.98. The average Bonchev–Trinajstić information content (AvgIpc) is 2.92. The van der Waals surface area contributed by atoms with Crippen LogP contribution < -0.4 is 5.32 Å². The molecule has 6 nitrogen and oxygen atoms in total. The molecule has 1 aromatic carbocycles. The van der Waals surface area contributed by atoms with E-state index in [4.69, 9.17) is 4.99 Å². The number of nitrogens with one attached hydrogen (secondary N) is 1. The van der Waals surface area contributed by atoms with Gasteiger partial charge in [-0.3, -0.25) is 0 Å². The van der Waals surface area contributed by atoms with Gasteiger partial charge in [-0.05, 0) is 31.4 Å².